The lowest BCUT2D eigenvalue weighted by molar-refractivity contribution is 0.0901. The van der Waals surface area contributed by atoms with Crippen molar-refractivity contribution in [2.24, 2.45) is 0 Å². The quantitative estimate of drug-likeness (QED) is 0.886. The van der Waals surface area contributed by atoms with Crippen LogP contribution in [0.25, 0.3) is 0 Å². The van der Waals surface area contributed by atoms with Gasteiger partial charge in [0, 0.05) is 19.0 Å². The zero-order valence-electron chi connectivity index (χ0n) is 10.9. The first kappa shape index (κ1) is 15.1. The zero-order chi connectivity index (χ0) is 12.3. The van der Waals surface area contributed by atoms with Gasteiger partial charge in [0.05, 0.1) is 0 Å². The molecule has 2 heterocycles. The van der Waals surface area contributed by atoms with Crippen LogP contribution in [0, 0.1) is 6.92 Å². The Morgan fingerprint density at radius 2 is 2.39 bits per heavy atom. The monoisotopic (exact) mass is 272 g/mol. The molecule has 1 amide bonds. The third-order valence-electron chi connectivity index (χ3n) is 3.20. The smallest absolute Gasteiger partial charge is 0.287 e. The number of rotatable bonds is 3. The predicted octanol–water partition coefficient (Wildman–Crippen LogP) is 2.05. The molecule has 2 rings (SSSR count). The number of amides is 1. The Hall–Kier alpha value is -1.00. The molecule has 1 aromatic rings. The van der Waals surface area contributed by atoms with Gasteiger partial charge in [-0.1, -0.05) is 6.92 Å². The van der Waals surface area contributed by atoms with Crippen molar-refractivity contribution in [3.8, 4) is 0 Å². The van der Waals surface area contributed by atoms with Crippen LogP contribution in [0.2, 0.25) is 0 Å². The van der Waals surface area contributed by atoms with E-state index in [2.05, 4.69) is 10.6 Å². The number of carbonyl (C=O) groups excluding carboxylic acids is 1. The molecular weight excluding hydrogens is 252 g/mol. The minimum atomic E-state index is -0.0958. The molecule has 1 atom stereocenters. The van der Waals surface area contributed by atoms with Crippen LogP contribution in [-0.4, -0.2) is 25.0 Å². The minimum absolute atomic E-state index is 0. The molecule has 1 aliphatic rings. The summed E-state index contributed by atoms with van der Waals surface area (Å²) in [4.78, 5) is 12.0. The van der Waals surface area contributed by atoms with Gasteiger partial charge in [-0.25, -0.2) is 0 Å². The number of hydrogen-bond acceptors (Lipinski definition) is 3. The van der Waals surface area contributed by atoms with E-state index in [-0.39, 0.29) is 24.4 Å². The summed E-state index contributed by atoms with van der Waals surface area (Å²) in [6.07, 6.45) is 2.98. The lowest BCUT2D eigenvalue weighted by Crippen LogP contribution is -2.45. The van der Waals surface area contributed by atoms with Crippen LogP contribution < -0.4 is 10.6 Å². The van der Waals surface area contributed by atoms with Gasteiger partial charge in [-0.05, 0) is 37.9 Å². The molecule has 1 aromatic heterocycles. The first-order chi connectivity index (χ1) is 8.20. The Labute approximate surface area is 114 Å². The molecule has 2 N–H and O–H groups in total. The summed E-state index contributed by atoms with van der Waals surface area (Å²) in [6.45, 7) is 5.90. The van der Waals surface area contributed by atoms with Crippen molar-refractivity contribution in [2.45, 2.75) is 39.2 Å². The van der Waals surface area contributed by atoms with Crippen molar-refractivity contribution >= 4 is 18.3 Å². The second-order valence-electron chi connectivity index (χ2n) is 4.59. The summed E-state index contributed by atoms with van der Waals surface area (Å²) < 4.78 is 5.53. The summed E-state index contributed by atoms with van der Waals surface area (Å²) in [5, 5.41) is 6.28. The fourth-order valence-electron chi connectivity index (χ4n) is 2.21. The number of hydrogen-bond donors (Lipinski definition) is 2. The fraction of sp³-hybridized carbons (Fsp3) is 0.615. The lowest BCUT2D eigenvalue weighted by atomic mass is 10.1. The van der Waals surface area contributed by atoms with E-state index in [4.69, 9.17) is 4.42 Å². The van der Waals surface area contributed by atoms with E-state index < -0.39 is 0 Å². The SMILES string of the molecule is CCc1oc(C(=O)N[C@H]2CCCNC2)cc1C.Cl. The molecule has 0 saturated carbocycles. The number of nitrogens with one attached hydrogen (secondary N) is 2. The average Bonchev–Trinajstić information content (AvgIpc) is 2.72. The molecule has 18 heavy (non-hydrogen) atoms. The van der Waals surface area contributed by atoms with Crippen LogP contribution in [0.15, 0.2) is 10.5 Å². The standard InChI is InChI=1S/C13H20N2O2.ClH/c1-3-11-9(2)7-12(17-11)13(16)15-10-5-4-6-14-8-10;/h7,10,14H,3-6,8H2,1-2H3,(H,15,16);1H/t10-;/m0./s1. The molecule has 4 nitrogen and oxygen atoms in total. The van der Waals surface area contributed by atoms with Gasteiger partial charge in [0.1, 0.15) is 5.76 Å². The maximum absolute atomic E-state index is 12.0. The molecule has 0 aliphatic carbocycles. The predicted molar refractivity (Wildman–Crippen MR) is 73.4 cm³/mol. The van der Waals surface area contributed by atoms with Crippen LogP contribution in [-0.2, 0) is 6.42 Å². The van der Waals surface area contributed by atoms with Gasteiger partial charge < -0.3 is 15.1 Å². The fourth-order valence-corrected chi connectivity index (χ4v) is 2.21. The van der Waals surface area contributed by atoms with E-state index in [0.717, 1.165) is 43.7 Å². The topological polar surface area (TPSA) is 54.3 Å². The first-order valence-electron chi connectivity index (χ1n) is 6.31. The van der Waals surface area contributed by atoms with E-state index in [1.807, 2.05) is 19.9 Å². The van der Waals surface area contributed by atoms with Crippen LogP contribution in [0.5, 0.6) is 0 Å². The Bertz CT molecular complexity index is 398. The van der Waals surface area contributed by atoms with Crippen molar-refractivity contribution in [1.82, 2.24) is 10.6 Å². The number of furan rings is 1. The van der Waals surface area contributed by atoms with E-state index in [0.29, 0.717) is 5.76 Å². The molecule has 5 heteroatoms. The third kappa shape index (κ3) is 3.50. The van der Waals surface area contributed by atoms with Crippen LogP contribution in [0.3, 0.4) is 0 Å². The number of aryl methyl sites for hydroxylation is 2. The van der Waals surface area contributed by atoms with Crippen molar-refractivity contribution < 1.29 is 9.21 Å². The first-order valence-corrected chi connectivity index (χ1v) is 6.31. The molecule has 0 bridgehead atoms. The normalized spacial score (nSPS) is 19.1. The molecule has 1 saturated heterocycles. The highest BCUT2D eigenvalue weighted by atomic mass is 35.5. The second-order valence-corrected chi connectivity index (χ2v) is 4.59. The van der Waals surface area contributed by atoms with Gasteiger partial charge in [-0.3, -0.25) is 4.79 Å². The number of halogens is 1. The van der Waals surface area contributed by atoms with Crippen molar-refractivity contribution in [2.75, 3.05) is 13.1 Å². The zero-order valence-corrected chi connectivity index (χ0v) is 11.7. The molecule has 102 valence electrons. The highest BCUT2D eigenvalue weighted by molar-refractivity contribution is 5.92. The second kappa shape index (κ2) is 6.81. The molecule has 1 aliphatic heterocycles. The summed E-state index contributed by atoms with van der Waals surface area (Å²) in [6, 6.07) is 2.05. The average molecular weight is 273 g/mol. The summed E-state index contributed by atoms with van der Waals surface area (Å²) in [5.41, 5.74) is 1.06. The van der Waals surface area contributed by atoms with Crippen LogP contribution in [0.1, 0.15) is 41.6 Å². The Morgan fingerprint density at radius 3 is 2.94 bits per heavy atom. The van der Waals surface area contributed by atoms with Gasteiger partial charge in [-0.15, -0.1) is 12.4 Å². The van der Waals surface area contributed by atoms with E-state index in [1.54, 1.807) is 0 Å². The van der Waals surface area contributed by atoms with Gasteiger partial charge in [0.2, 0.25) is 0 Å². The maximum atomic E-state index is 12.0. The Morgan fingerprint density at radius 1 is 1.61 bits per heavy atom. The van der Waals surface area contributed by atoms with E-state index >= 15 is 0 Å². The van der Waals surface area contributed by atoms with Crippen LogP contribution >= 0.6 is 12.4 Å². The summed E-state index contributed by atoms with van der Waals surface area (Å²) >= 11 is 0. The Kier molecular flexibility index (Phi) is 5.69. The van der Waals surface area contributed by atoms with E-state index in [1.165, 1.54) is 0 Å². The van der Waals surface area contributed by atoms with Gasteiger partial charge in [-0.2, -0.15) is 0 Å². The molecule has 0 radical (unpaired) electrons. The summed E-state index contributed by atoms with van der Waals surface area (Å²) in [7, 11) is 0. The van der Waals surface area contributed by atoms with E-state index in [9.17, 15) is 4.79 Å². The number of piperidine rings is 1. The lowest BCUT2D eigenvalue weighted by Gasteiger charge is -2.23. The molecule has 0 aromatic carbocycles. The highest BCUT2D eigenvalue weighted by Gasteiger charge is 2.19. The Balaban J connectivity index is 0.00000162. The van der Waals surface area contributed by atoms with Crippen molar-refractivity contribution in [3.05, 3.63) is 23.2 Å². The van der Waals surface area contributed by atoms with Crippen molar-refractivity contribution in [1.29, 1.82) is 0 Å². The molecular formula is C13H21ClN2O2. The number of carbonyl (C=O) groups is 1. The largest absolute Gasteiger partial charge is 0.456 e. The maximum Gasteiger partial charge on any atom is 0.287 e. The third-order valence-corrected chi connectivity index (χ3v) is 3.20. The van der Waals surface area contributed by atoms with Gasteiger partial charge >= 0.3 is 0 Å². The molecule has 0 unspecified atom stereocenters. The van der Waals surface area contributed by atoms with Gasteiger partial charge in [0.15, 0.2) is 5.76 Å². The minimum Gasteiger partial charge on any atom is -0.456 e. The highest BCUT2D eigenvalue weighted by Crippen LogP contribution is 2.15. The molecule has 1 fully saturated rings. The van der Waals surface area contributed by atoms with Crippen molar-refractivity contribution in [3.63, 3.8) is 0 Å². The van der Waals surface area contributed by atoms with Crippen LogP contribution in [0.4, 0.5) is 0 Å². The molecule has 0 spiro atoms. The van der Waals surface area contributed by atoms with Gasteiger partial charge in [0.25, 0.3) is 5.91 Å². The summed E-state index contributed by atoms with van der Waals surface area (Å²) in [5.74, 6) is 1.24.